The van der Waals surface area contributed by atoms with Crippen molar-refractivity contribution in [2.45, 2.75) is 31.8 Å². The molecule has 1 rings (SSSR count). The topological polar surface area (TPSA) is 70.2 Å². The van der Waals surface area contributed by atoms with Crippen molar-refractivity contribution >= 4 is 11.8 Å². The first-order chi connectivity index (χ1) is 6.45. The van der Waals surface area contributed by atoms with Crippen LogP contribution in [0, 0.1) is 0 Å². The molecule has 0 aromatic carbocycles. The first-order valence-corrected chi connectivity index (χ1v) is 4.72. The average molecular weight is 199 g/mol. The van der Waals surface area contributed by atoms with Crippen molar-refractivity contribution < 1.29 is 9.59 Å². The van der Waals surface area contributed by atoms with Crippen LogP contribution in [0.1, 0.15) is 20.3 Å². The van der Waals surface area contributed by atoms with Crippen LogP contribution in [0.2, 0.25) is 0 Å². The summed E-state index contributed by atoms with van der Waals surface area (Å²) in [6, 6.07) is -0.0670. The van der Waals surface area contributed by atoms with E-state index in [0.717, 1.165) is 0 Å². The highest BCUT2D eigenvalue weighted by atomic mass is 16.2. The molecule has 1 aliphatic heterocycles. The molecule has 0 aromatic rings. The summed E-state index contributed by atoms with van der Waals surface area (Å²) in [5, 5.41) is 8.39. The van der Waals surface area contributed by atoms with Crippen LogP contribution < -0.4 is 16.0 Å². The molecule has 5 heteroatoms. The largest absolute Gasteiger partial charge is 0.354 e. The lowest BCUT2D eigenvalue weighted by molar-refractivity contribution is -0.126. The maximum Gasteiger partial charge on any atom is 0.240 e. The van der Waals surface area contributed by atoms with E-state index < -0.39 is 5.54 Å². The van der Waals surface area contributed by atoms with Crippen LogP contribution in [-0.2, 0) is 9.59 Å². The Hall–Kier alpha value is -1.10. The third-order valence-corrected chi connectivity index (χ3v) is 2.51. The molecule has 1 aliphatic rings. The highest BCUT2D eigenvalue weighted by Gasteiger charge is 2.30. The van der Waals surface area contributed by atoms with Gasteiger partial charge in [-0.15, -0.1) is 0 Å². The Kier molecular flexibility index (Phi) is 3.10. The van der Waals surface area contributed by atoms with Crippen molar-refractivity contribution in [3.63, 3.8) is 0 Å². The van der Waals surface area contributed by atoms with E-state index in [1.54, 1.807) is 20.9 Å². The highest BCUT2D eigenvalue weighted by Crippen LogP contribution is 2.04. The quantitative estimate of drug-likeness (QED) is 0.545. The number of amides is 2. The summed E-state index contributed by atoms with van der Waals surface area (Å²) in [4.78, 5) is 22.5. The van der Waals surface area contributed by atoms with E-state index in [9.17, 15) is 9.59 Å². The SMILES string of the molecule is CNC(C)(C)C(=O)NC1CNC(=O)C1. The number of nitrogens with one attached hydrogen (secondary N) is 3. The molecule has 14 heavy (non-hydrogen) atoms. The highest BCUT2D eigenvalue weighted by molar-refractivity contribution is 5.87. The van der Waals surface area contributed by atoms with Crippen molar-refractivity contribution in [1.29, 1.82) is 0 Å². The number of carbonyl (C=O) groups excluding carboxylic acids is 2. The minimum atomic E-state index is -0.592. The van der Waals surface area contributed by atoms with Gasteiger partial charge in [-0.05, 0) is 20.9 Å². The zero-order valence-corrected chi connectivity index (χ0v) is 8.81. The Morgan fingerprint density at radius 1 is 1.57 bits per heavy atom. The van der Waals surface area contributed by atoms with E-state index in [1.807, 2.05) is 0 Å². The van der Waals surface area contributed by atoms with Gasteiger partial charge in [-0.3, -0.25) is 9.59 Å². The summed E-state index contributed by atoms with van der Waals surface area (Å²) in [6.07, 6.45) is 0.380. The fourth-order valence-corrected chi connectivity index (χ4v) is 1.19. The molecular weight excluding hydrogens is 182 g/mol. The summed E-state index contributed by atoms with van der Waals surface area (Å²) in [5.41, 5.74) is -0.592. The summed E-state index contributed by atoms with van der Waals surface area (Å²) in [5.74, 6) is -0.0842. The Balaban J connectivity index is 2.45. The van der Waals surface area contributed by atoms with Crippen LogP contribution in [0.15, 0.2) is 0 Å². The smallest absolute Gasteiger partial charge is 0.240 e. The summed E-state index contributed by atoms with van der Waals surface area (Å²) in [7, 11) is 1.73. The first-order valence-electron chi connectivity index (χ1n) is 4.72. The Labute approximate surface area is 83.6 Å². The molecule has 0 saturated carbocycles. The van der Waals surface area contributed by atoms with Gasteiger partial charge in [0.05, 0.1) is 11.6 Å². The second-order valence-electron chi connectivity index (χ2n) is 4.05. The number of carbonyl (C=O) groups is 2. The van der Waals surface area contributed by atoms with Crippen molar-refractivity contribution in [3.05, 3.63) is 0 Å². The maximum absolute atomic E-state index is 11.6. The normalized spacial score (nSPS) is 21.9. The van der Waals surface area contributed by atoms with Gasteiger partial charge in [0, 0.05) is 13.0 Å². The van der Waals surface area contributed by atoms with Crippen LogP contribution in [0.3, 0.4) is 0 Å². The summed E-state index contributed by atoms with van der Waals surface area (Å²) >= 11 is 0. The van der Waals surface area contributed by atoms with Gasteiger partial charge >= 0.3 is 0 Å². The van der Waals surface area contributed by atoms with Crippen LogP contribution in [0.5, 0.6) is 0 Å². The van der Waals surface area contributed by atoms with E-state index in [1.165, 1.54) is 0 Å². The summed E-state index contributed by atoms with van der Waals surface area (Å²) in [6.45, 7) is 4.13. The number of hydrogen-bond acceptors (Lipinski definition) is 3. The molecule has 0 radical (unpaired) electrons. The van der Waals surface area contributed by atoms with E-state index in [-0.39, 0.29) is 17.9 Å². The number of hydrogen-bond donors (Lipinski definition) is 3. The molecule has 3 N–H and O–H groups in total. The molecule has 1 unspecified atom stereocenters. The number of rotatable bonds is 3. The number of likely N-dealkylation sites (N-methyl/N-ethyl adjacent to an activating group) is 1. The lowest BCUT2D eigenvalue weighted by Gasteiger charge is -2.24. The molecular formula is C9H17N3O2. The zero-order chi connectivity index (χ0) is 10.8. The minimum absolute atomic E-state index is 0.00226. The van der Waals surface area contributed by atoms with Crippen LogP contribution >= 0.6 is 0 Å². The fourth-order valence-electron chi connectivity index (χ4n) is 1.19. The van der Waals surface area contributed by atoms with Gasteiger partial charge in [0.1, 0.15) is 0 Å². The minimum Gasteiger partial charge on any atom is -0.354 e. The van der Waals surface area contributed by atoms with Gasteiger partial charge in [-0.25, -0.2) is 0 Å². The standard InChI is InChI=1S/C9H17N3O2/c1-9(2,10-3)8(14)12-6-4-7(13)11-5-6/h6,10H,4-5H2,1-3H3,(H,11,13)(H,12,14). The van der Waals surface area contributed by atoms with Crippen LogP contribution in [0.4, 0.5) is 0 Å². The van der Waals surface area contributed by atoms with Crippen molar-refractivity contribution in [3.8, 4) is 0 Å². The second-order valence-corrected chi connectivity index (χ2v) is 4.05. The van der Waals surface area contributed by atoms with Gasteiger partial charge in [0.15, 0.2) is 0 Å². The van der Waals surface area contributed by atoms with E-state index in [0.29, 0.717) is 13.0 Å². The van der Waals surface area contributed by atoms with E-state index in [4.69, 9.17) is 0 Å². The monoisotopic (exact) mass is 199 g/mol. The molecule has 1 fully saturated rings. The molecule has 0 bridgehead atoms. The van der Waals surface area contributed by atoms with E-state index >= 15 is 0 Å². The van der Waals surface area contributed by atoms with Crippen molar-refractivity contribution in [2.75, 3.05) is 13.6 Å². The lowest BCUT2D eigenvalue weighted by atomic mass is 10.0. The lowest BCUT2D eigenvalue weighted by Crippen LogP contribution is -2.54. The van der Waals surface area contributed by atoms with Crippen LogP contribution in [0.25, 0.3) is 0 Å². The van der Waals surface area contributed by atoms with Crippen molar-refractivity contribution in [1.82, 2.24) is 16.0 Å². The maximum atomic E-state index is 11.6. The zero-order valence-electron chi connectivity index (χ0n) is 8.81. The molecule has 80 valence electrons. The Morgan fingerprint density at radius 3 is 2.64 bits per heavy atom. The van der Waals surface area contributed by atoms with Gasteiger partial charge in [-0.1, -0.05) is 0 Å². The first kappa shape index (κ1) is 11.0. The molecule has 1 saturated heterocycles. The fraction of sp³-hybridized carbons (Fsp3) is 0.778. The summed E-state index contributed by atoms with van der Waals surface area (Å²) < 4.78 is 0. The predicted molar refractivity (Wildman–Crippen MR) is 52.7 cm³/mol. The Bertz CT molecular complexity index is 250. The van der Waals surface area contributed by atoms with Crippen molar-refractivity contribution in [2.24, 2.45) is 0 Å². The molecule has 5 nitrogen and oxygen atoms in total. The predicted octanol–water partition coefficient (Wildman–Crippen LogP) is -1.01. The molecule has 1 atom stereocenters. The molecule has 0 aliphatic carbocycles. The third-order valence-electron chi connectivity index (χ3n) is 2.51. The molecule has 1 heterocycles. The molecule has 2 amide bonds. The molecule has 0 spiro atoms. The van der Waals surface area contributed by atoms with E-state index in [2.05, 4.69) is 16.0 Å². The third kappa shape index (κ3) is 2.45. The average Bonchev–Trinajstić information content (AvgIpc) is 2.51. The van der Waals surface area contributed by atoms with Gasteiger partial charge in [0.25, 0.3) is 0 Å². The van der Waals surface area contributed by atoms with Gasteiger partial charge in [0.2, 0.25) is 11.8 Å². The van der Waals surface area contributed by atoms with Crippen LogP contribution in [-0.4, -0.2) is 37.0 Å². The second kappa shape index (κ2) is 3.96. The Morgan fingerprint density at radius 2 is 2.21 bits per heavy atom. The molecule has 0 aromatic heterocycles. The van der Waals surface area contributed by atoms with Gasteiger partial charge < -0.3 is 16.0 Å². The van der Waals surface area contributed by atoms with Gasteiger partial charge in [-0.2, -0.15) is 0 Å².